The summed E-state index contributed by atoms with van der Waals surface area (Å²) in [6.07, 6.45) is 2.41. The van der Waals surface area contributed by atoms with Gasteiger partial charge in [-0.25, -0.2) is 13.5 Å². The summed E-state index contributed by atoms with van der Waals surface area (Å²) in [6, 6.07) is 9.97. The number of halogens is 3. The molecule has 0 bridgehead atoms. The first-order chi connectivity index (χ1) is 12.5. The van der Waals surface area contributed by atoms with E-state index in [2.05, 4.69) is 10.4 Å². The van der Waals surface area contributed by atoms with Crippen molar-refractivity contribution in [3.63, 3.8) is 0 Å². The molecule has 1 N–H and O–H groups in total. The van der Waals surface area contributed by atoms with Crippen LogP contribution in [0.1, 0.15) is 28.2 Å². The molecule has 0 spiro atoms. The molecule has 1 heterocycles. The van der Waals surface area contributed by atoms with Gasteiger partial charge in [-0.3, -0.25) is 4.79 Å². The molecule has 26 heavy (non-hydrogen) atoms. The van der Waals surface area contributed by atoms with Gasteiger partial charge in [0.15, 0.2) is 5.69 Å². The number of amides is 1. The average Bonchev–Trinajstić information content (AvgIpc) is 3.20. The fraction of sp³-hybridized carbons (Fsp3) is 0.158. The molecule has 3 aromatic rings. The lowest BCUT2D eigenvalue weighted by Gasteiger charge is -2.06. The summed E-state index contributed by atoms with van der Waals surface area (Å²) in [7, 11) is 0. The van der Waals surface area contributed by atoms with Crippen LogP contribution in [0.2, 0.25) is 5.02 Å². The van der Waals surface area contributed by atoms with Gasteiger partial charge in [-0.15, -0.1) is 0 Å². The second-order valence-corrected chi connectivity index (χ2v) is 6.53. The predicted octanol–water partition coefficient (Wildman–Crippen LogP) is 4.54. The third-order valence-electron chi connectivity index (χ3n) is 4.40. The molecule has 2 aromatic carbocycles. The van der Waals surface area contributed by atoms with Crippen molar-refractivity contribution < 1.29 is 13.6 Å². The van der Waals surface area contributed by atoms with Crippen LogP contribution in [0.4, 0.5) is 14.5 Å². The van der Waals surface area contributed by atoms with Gasteiger partial charge in [0.2, 0.25) is 0 Å². The number of carbonyl (C=O) groups is 1. The van der Waals surface area contributed by atoms with E-state index in [4.69, 9.17) is 11.6 Å². The molecule has 1 amide bonds. The summed E-state index contributed by atoms with van der Waals surface area (Å²) >= 11 is 5.73. The third kappa shape index (κ3) is 2.97. The van der Waals surface area contributed by atoms with Gasteiger partial charge in [-0.05, 0) is 61.7 Å². The van der Waals surface area contributed by atoms with E-state index in [0.717, 1.165) is 36.6 Å². The molecule has 4 rings (SSSR count). The normalized spacial score (nSPS) is 12.9. The maximum absolute atomic E-state index is 13.9. The van der Waals surface area contributed by atoms with Gasteiger partial charge in [0.25, 0.3) is 5.91 Å². The molecule has 1 aromatic heterocycles. The molecule has 0 aliphatic heterocycles. The van der Waals surface area contributed by atoms with Gasteiger partial charge in [-0.2, -0.15) is 5.10 Å². The molecule has 0 unspecified atom stereocenters. The van der Waals surface area contributed by atoms with Crippen LogP contribution in [0.25, 0.3) is 5.69 Å². The SMILES string of the molecule is O=C(Nc1ccc(Cl)cc1F)c1nn(-c2ccc(F)cc2)c2c1CCC2. The van der Waals surface area contributed by atoms with Crippen molar-refractivity contribution in [1.29, 1.82) is 0 Å². The van der Waals surface area contributed by atoms with Crippen LogP contribution in [0, 0.1) is 11.6 Å². The van der Waals surface area contributed by atoms with Crippen molar-refractivity contribution in [2.24, 2.45) is 0 Å². The van der Waals surface area contributed by atoms with Crippen LogP contribution in [0.15, 0.2) is 42.5 Å². The highest BCUT2D eigenvalue weighted by atomic mass is 35.5. The van der Waals surface area contributed by atoms with E-state index in [1.54, 1.807) is 16.8 Å². The van der Waals surface area contributed by atoms with Crippen LogP contribution in [-0.2, 0) is 12.8 Å². The Labute approximate surface area is 153 Å². The lowest BCUT2D eigenvalue weighted by atomic mass is 10.2. The van der Waals surface area contributed by atoms with Crippen LogP contribution in [-0.4, -0.2) is 15.7 Å². The molecule has 1 aliphatic carbocycles. The molecule has 0 saturated carbocycles. The number of fused-ring (bicyclic) bond motifs is 1. The van der Waals surface area contributed by atoms with Gasteiger partial charge in [0.1, 0.15) is 11.6 Å². The molecule has 0 saturated heterocycles. The molecule has 4 nitrogen and oxygen atoms in total. The molecule has 0 fully saturated rings. The highest BCUT2D eigenvalue weighted by Crippen LogP contribution is 2.29. The fourth-order valence-corrected chi connectivity index (χ4v) is 3.35. The Bertz CT molecular complexity index is 999. The number of anilines is 1. The van der Waals surface area contributed by atoms with Crippen LogP contribution in [0.5, 0.6) is 0 Å². The fourth-order valence-electron chi connectivity index (χ4n) is 3.19. The molecule has 0 radical (unpaired) electrons. The van der Waals surface area contributed by atoms with E-state index in [9.17, 15) is 13.6 Å². The van der Waals surface area contributed by atoms with Crippen molar-refractivity contribution in [3.05, 3.63) is 76.1 Å². The lowest BCUT2D eigenvalue weighted by Crippen LogP contribution is -2.15. The van der Waals surface area contributed by atoms with Gasteiger partial charge in [-0.1, -0.05) is 11.6 Å². The van der Waals surface area contributed by atoms with E-state index < -0.39 is 11.7 Å². The zero-order valence-corrected chi connectivity index (χ0v) is 14.4. The first-order valence-electron chi connectivity index (χ1n) is 8.16. The standard InChI is InChI=1S/C19H14ClF2N3O/c20-11-4-9-16(15(22)10-11)23-19(26)18-14-2-1-3-17(14)25(24-18)13-7-5-12(21)6-8-13/h4-10H,1-3H2,(H,23,26). The van der Waals surface area contributed by atoms with Gasteiger partial charge < -0.3 is 5.32 Å². The topological polar surface area (TPSA) is 46.9 Å². The molecule has 0 atom stereocenters. The quantitative estimate of drug-likeness (QED) is 0.732. The molecular weight excluding hydrogens is 360 g/mol. The number of hydrogen-bond acceptors (Lipinski definition) is 2. The first-order valence-corrected chi connectivity index (χ1v) is 8.54. The number of rotatable bonds is 3. The van der Waals surface area contributed by atoms with Crippen LogP contribution in [0.3, 0.4) is 0 Å². The summed E-state index contributed by atoms with van der Waals surface area (Å²) in [5.74, 6) is -1.43. The minimum atomic E-state index is -0.611. The minimum Gasteiger partial charge on any atom is -0.318 e. The van der Waals surface area contributed by atoms with E-state index >= 15 is 0 Å². The van der Waals surface area contributed by atoms with E-state index in [1.165, 1.54) is 24.3 Å². The monoisotopic (exact) mass is 373 g/mol. The zero-order chi connectivity index (χ0) is 18.3. The number of hydrogen-bond donors (Lipinski definition) is 1. The highest BCUT2D eigenvalue weighted by molar-refractivity contribution is 6.30. The Morgan fingerprint density at radius 2 is 1.88 bits per heavy atom. The maximum Gasteiger partial charge on any atom is 0.276 e. The van der Waals surface area contributed by atoms with Crippen LogP contribution < -0.4 is 5.32 Å². The highest BCUT2D eigenvalue weighted by Gasteiger charge is 2.27. The number of carbonyl (C=O) groups excluding carboxylic acids is 1. The summed E-state index contributed by atoms with van der Waals surface area (Å²) in [4.78, 5) is 12.7. The van der Waals surface area contributed by atoms with Crippen LogP contribution >= 0.6 is 11.6 Å². The molecule has 7 heteroatoms. The predicted molar refractivity (Wildman–Crippen MR) is 94.9 cm³/mol. The van der Waals surface area contributed by atoms with E-state index in [1.807, 2.05) is 0 Å². The van der Waals surface area contributed by atoms with Crippen molar-refractivity contribution >= 4 is 23.2 Å². The maximum atomic E-state index is 13.9. The second kappa shape index (κ2) is 6.53. The Morgan fingerprint density at radius 3 is 2.62 bits per heavy atom. The van der Waals surface area contributed by atoms with Gasteiger partial charge in [0, 0.05) is 16.3 Å². The molecule has 1 aliphatic rings. The summed E-state index contributed by atoms with van der Waals surface area (Å²) in [5, 5.41) is 7.21. The number of benzene rings is 2. The Hall–Kier alpha value is -2.73. The Morgan fingerprint density at radius 1 is 1.12 bits per heavy atom. The average molecular weight is 374 g/mol. The lowest BCUT2D eigenvalue weighted by molar-refractivity contribution is 0.102. The minimum absolute atomic E-state index is 0.0440. The smallest absolute Gasteiger partial charge is 0.276 e. The largest absolute Gasteiger partial charge is 0.318 e. The zero-order valence-electron chi connectivity index (χ0n) is 13.6. The molecule has 132 valence electrons. The molecular formula is C19H14ClF2N3O. The van der Waals surface area contributed by atoms with Gasteiger partial charge in [0.05, 0.1) is 11.4 Å². The summed E-state index contributed by atoms with van der Waals surface area (Å²) in [6.45, 7) is 0. The third-order valence-corrected chi connectivity index (χ3v) is 4.63. The van der Waals surface area contributed by atoms with Crippen molar-refractivity contribution in [2.45, 2.75) is 19.3 Å². The van der Waals surface area contributed by atoms with E-state index in [0.29, 0.717) is 5.69 Å². The van der Waals surface area contributed by atoms with Crippen molar-refractivity contribution in [2.75, 3.05) is 5.32 Å². The Kier molecular flexibility index (Phi) is 4.20. The van der Waals surface area contributed by atoms with Crippen molar-refractivity contribution in [3.8, 4) is 5.69 Å². The number of nitrogens with one attached hydrogen (secondary N) is 1. The van der Waals surface area contributed by atoms with E-state index in [-0.39, 0.29) is 22.2 Å². The second-order valence-electron chi connectivity index (χ2n) is 6.09. The van der Waals surface area contributed by atoms with Crippen molar-refractivity contribution in [1.82, 2.24) is 9.78 Å². The van der Waals surface area contributed by atoms with Gasteiger partial charge >= 0.3 is 0 Å². The number of aromatic nitrogens is 2. The first kappa shape index (κ1) is 16.7. The summed E-state index contributed by atoms with van der Waals surface area (Å²) < 4.78 is 28.8. The Balaban J connectivity index is 1.69. The summed E-state index contributed by atoms with van der Waals surface area (Å²) in [5.41, 5.74) is 2.76. The number of nitrogens with zero attached hydrogens (tertiary/aromatic N) is 2.